The standard InChI is InChI=1S/C72H51N7/c1-72(79-62-32-16-12-28-58(62)66-64(79)40-38-56-53-25-9-13-29-59(53)76(68(56)66)51-22-3-2-4-23-51)41-17-24-52(44-72)77-60-30-14-10-26-54(60)55-37-39-63-65(67(55)77)57-27-11-15-31-61(57)78(63)71-74-69(49-35-33-45-18-5-7-20-47(45)42-49)73-70(75-71)50-36-34-46-19-6-8-21-48(46)43-50/h2-11,13-27,29-43,69H,12,28,44H2,1H3,(H,73,74,75)/t69?,72-/m0/s1. The number of para-hydroxylation sites is 4. The lowest BCUT2D eigenvalue weighted by Gasteiger charge is -2.35. The number of hydrogen-bond acceptors (Lipinski definition) is 3. The highest BCUT2D eigenvalue weighted by molar-refractivity contribution is 6.28. The van der Waals surface area contributed by atoms with E-state index in [4.69, 9.17) is 9.98 Å². The third kappa shape index (κ3) is 6.47. The number of allylic oxidation sites excluding steroid dienone is 5. The number of amidine groups is 1. The normalized spacial score (nSPS) is 17.4. The van der Waals surface area contributed by atoms with Crippen molar-refractivity contribution in [2.24, 2.45) is 9.98 Å². The van der Waals surface area contributed by atoms with E-state index in [0.29, 0.717) is 5.96 Å². The summed E-state index contributed by atoms with van der Waals surface area (Å²) >= 11 is 0. The zero-order chi connectivity index (χ0) is 51.9. The Labute approximate surface area is 455 Å². The van der Waals surface area contributed by atoms with Crippen molar-refractivity contribution in [1.29, 1.82) is 0 Å². The molecule has 1 aliphatic heterocycles. The van der Waals surface area contributed by atoms with Gasteiger partial charge in [-0.25, -0.2) is 4.99 Å². The van der Waals surface area contributed by atoms with Gasteiger partial charge in [0, 0.05) is 66.8 Å². The molecule has 2 aliphatic carbocycles. The second-order valence-corrected chi connectivity index (χ2v) is 21.9. The minimum Gasteiger partial charge on any atom is -0.344 e. The number of benzene rings is 10. The summed E-state index contributed by atoms with van der Waals surface area (Å²) in [5.74, 6) is 1.42. The van der Waals surface area contributed by atoms with Crippen LogP contribution in [0.4, 0.5) is 0 Å². The van der Waals surface area contributed by atoms with Gasteiger partial charge in [0.25, 0.3) is 0 Å². The van der Waals surface area contributed by atoms with Crippen LogP contribution in [0.5, 0.6) is 0 Å². The Bertz CT molecular complexity index is 5110. The zero-order valence-corrected chi connectivity index (χ0v) is 43.5. The van der Waals surface area contributed by atoms with Crippen LogP contribution in [0.25, 0.3) is 115 Å². The Morgan fingerprint density at radius 2 is 1.14 bits per heavy atom. The van der Waals surface area contributed by atoms with E-state index in [1.165, 1.54) is 98.7 Å². The molecule has 0 saturated carbocycles. The predicted octanol–water partition coefficient (Wildman–Crippen LogP) is 17.4. The monoisotopic (exact) mass is 1010 g/mol. The molecule has 0 saturated heterocycles. The SMILES string of the molecule is C[C@]1(n2c3c(c4c2ccc2c5ccccc5n(-c5ccccc5)c24)CCC=C3)C=CC=C(n2c3ccccc3c3ccc4c(c5ccccc5n4C4=NC(c5ccc6ccccc6c5)NC(c5ccc6ccccc6c5)=N4)c32)C1. The molecule has 14 aromatic rings. The summed E-state index contributed by atoms with van der Waals surface area (Å²) in [5, 5.41) is 17.2. The lowest BCUT2D eigenvalue weighted by atomic mass is 9.89. The maximum atomic E-state index is 5.58. The second-order valence-electron chi connectivity index (χ2n) is 21.9. The first-order chi connectivity index (χ1) is 39.0. The Kier molecular flexibility index (Phi) is 9.37. The first-order valence-electron chi connectivity index (χ1n) is 27.6. The lowest BCUT2D eigenvalue weighted by molar-refractivity contribution is 0.423. The van der Waals surface area contributed by atoms with Crippen LogP contribution >= 0.6 is 0 Å². The molecule has 10 aromatic carbocycles. The number of nitrogens with one attached hydrogen (secondary N) is 1. The Hall–Kier alpha value is -9.98. The van der Waals surface area contributed by atoms with E-state index in [1.807, 2.05) is 0 Å². The minimum absolute atomic E-state index is 0.398. The molecule has 7 nitrogen and oxygen atoms in total. The van der Waals surface area contributed by atoms with Crippen LogP contribution in [0.2, 0.25) is 0 Å². The molecule has 4 aromatic heterocycles. The van der Waals surface area contributed by atoms with Gasteiger partial charge in [-0.3, -0.25) is 4.57 Å². The molecule has 1 N–H and O–H groups in total. The van der Waals surface area contributed by atoms with Crippen LogP contribution in [0.15, 0.2) is 247 Å². The molecule has 1 unspecified atom stereocenters. The van der Waals surface area contributed by atoms with Gasteiger partial charge < -0.3 is 19.0 Å². The van der Waals surface area contributed by atoms with Crippen molar-refractivity contribution >= 4 is 121 Å². The minimum atomic E-state index is -0.427. The molecular weight excluding hydrogens is 963 g/mol. The average molecular weight is 1010 g/mol. The largest absolute Gasteiger partial charge is 0.344 e. The molecule has 79 heavy (non-hydrogen) atoms. The zero-order valence-electron chi connectivity index (χ0n) is 43.5. The van der Waals surface area contributed by atoms with Gasteiger partial charge in [-0.05, 0) is 119 Å². The first-order valence-corrected chi connectivity index (χ1v) is 27.6. The molecule has 3 aliphatic rings. The van der Waals surface area contributed by atoms with Gasteiger partial charge >= 0.3 is 0 Å². The van der Waals surface area contributed by atoms with Crippen LogP contribution in [0.1, 0.15) is 48.3 Å². The topological polar surface area (TPSA) is 56.5 Å². The summed E-state index contributed by atoms with van der Waals surface area (Å²) in [4.78, 5) is 11.1. The van der Waals surface area contributed by atoms with Crippen molar-refractivity contribution in [3.63, 3.8) is 0 Å². The quantitative estimate of drug-likeness (QED) is 0.183. The maximum absolute atomic E-state index is 5.58. The molecule has 0 fully saturated rings. The highest BCUT2D eigenvalue weighted by Gasteiger charge is 2.36. The van der Waals surface area contributed by atoms with Crippen molar-refractivity contribution in [3.8, 4) is 5.69 Å². The van der Waals surface area contributed by atoms with Crippen LogP contribution in [0, 0.1) is 0 Å². The number of rotatable bonds is 5. The Balaban J connectivity index is 0.874. The smallest absolute Gasteiger partial charge is 0.234 e. The Morgan fingerprint density at radius 1 is 0.519 bits per heavy atom. The second kappa shape index (κ2) is 16.8. The molecular formula is C72H51N7. The number of aromatic nitrogens is 4. The number of fused-ring (bicyclic) bond motifs is 16. The van der Waals surface area contributed by atoms with Gasteiger partial charge in [-0.15, -0.1) is 0 Å². The van der Waals surface area contributed by atoms with Crippen LogP contribution in [-0.4, -0.2) is 30.1 Å². The predicted molar refractivity (Wildman–Crippen MR) is 331 cm³/mol. The number of aryl methyl sites for hydroxylation is 1. The van der Waals surface area contributed by atoms with E-state index in [0.717, 1.165) is 58.0 Å². The molecule has 5 heterocycles. The molecule has 7 heteroatoms. The first kappa shape index (κ1) is 44.2. The van der Waals surface area contributed by atoms with E-state index in [1.54, 1.807) is 0 Å². The Morgan fingerprint density at radius 3 is 1.90 bits per heavy atom. The number of aliphatic imine (C=N–C) groups is 2. The van der Waals surface area contributed by atoms with Crippen LogP contribution < -0.4 is 5.32 Å². The molecule has 2 atom stereocenters. The van der Waals surface area contributed by atoms with E-state index in [2.05, 4.69) is 273 Å². The van der Waals surface area contributed by atoms with Crippen molar-refractivity contribution in [2.75, 3.05) is 0 Å². The highest BCUT2D eigenvalue weighted by Crippen LogP contribution is 2.48. The van der Waals surface area contributed by atoms with Crippen LogP contribution in [0.3, 0.4) is 0 Å². The molecule has 0 bridgehead atoms. The summed E-state index contributed by atoms with van der Waals surface area (Å²) in [5.41, 5.74) is 15.1. The highest BCUT2D eigenvalue weighted by atomic mass is 15.3. The number of hydrogen-bond donors (Lipinski definition) is 1. The molecule has 0 amide bonds. The van der Waals surface area contributed by atoms with Gasteiger partial charge in [0.2, 0.25) is 5.96 Å². The molecule has 374 valence electrons. The van der Waals surface area contributed by atoms with Gasteiger partial charge in [-0.1, -0.05) is 176 Å². The van der Waals surface area contributed by atoms with Gasteiger partial charge in [0.1, 0.15) is 12.0 Å². The summed E-state index contributed by atoms with van der Waals surface area (Å²) in [7, 11) is 0. The van der Waals surface area contributed by atoms with E-state index < -0.39 is 11.7 Å². The molecule has 17 rings (SSSR count). The number of nitrogens with zero attached hydrogens (tertiary/aromatic N) is 6. The van der Waals surface area contributed by atoms with Crippen LogP contribution in [-0.2, 0) is 12.0 Å². The van der Waals surface area contributed by atoms with Crippen molar-refractivity contribution < 1.29 is 0 Å². The van der Waals surface area contributed by atoms with Crippen molar-refractivity contribution in [2.45, 2.75) is 37.9 Å². The summed E-state index contributed by atoms with van der Waals surface area (Å²) < 4.78 is 10.1. The van der Waals surface area contributed by atoms with Gasteiger partial charge in [0.15, 0.2) is 0 Å². The van der Waals surface area contributed by atoms with Crippen molar-refractivity contribution in [1.82, 2.24) is 23.6 Å². The fraction of sp³-hybridized carbons (Fsp3) is 0.0833. The van der Waals surface area contributed by atoms with E-state index >= 15 is 0 Å². The van der Waals surface area contributed by atoms with Gasteiger partial charge in [-0.2, -0.15) is 4.99 Å². The summed E-state index contributed by atoms with van der Waals surface area (Å²) in [6, 6.07) is 77.4. The molecule has 0 radical (unpaired) electrons. The summed E-state index contributed by atoms with van der Waals surface area (Å²) in [6.07, 6.45) is 14.3. The van der Waals surface area contributed by atoms with E-state index in [-0.39, 0.29) is 0 Å². The van der Waals surface area contributed by atoms with Crippen molar-refractivity contribution in [3.05, 3.63) is 259 Å². The third-order valence-electron chi connectivity index (χ3n) is 17.4. The fourth-order valence-corrected chi connectivity index (χ4v) is 13.9. The fourth-order valence-electron chi connectivity index (χ4n) is 13.9. The maximum Gasteiger partial charge on any atom is 0.234 e. The lowest BCUT2D eigenvalue weighted by Crippen LogP contribution is -2.35. The molecule has 0 spiro atoms. The average Bonchev–Trinajstić information content (AvgIpc) is 4.31. The van der Waals surface area contributed by atoms with Gasteiger partial charge in [0.05, 0.1) is 44.2 Å². The third-order valence-corrected chi connectivity index (χ3v) is 17.4. The summed E-state index contributed by atoms with van der Waals surface area (Å²) in [6.45, 7) is 2.44. The van der Waals surface area contributed by atoms with E-state index in [9.17, 15) is 0 Å².